The summed E-state index contributed by atoms with van der Waals surface area (Å²) in [6, 6.07) is 20.2. The molecule has 0 fully saturated rings. The van der Waals surface area contributed by atoms with Crippen LogP contribution in [-0.2, 0) is 12.2 Å². The molecular weight excluding hydrogens is 347 g/mol. The predicted molar refractivity (Wildman–Crippen MR) is 103 cm³/mol. The standard InChI is InChI=1S/C21H19FN2OS/c22-19-8-4-7-16(13-19)11-12-23-21(25)18-9-10-20(24-14-18)26-15-17-5-2-1-3-6-17/h1-10,13-14H,11-12,15H2,(H,23,25). The van der Waals surface area contributed by atoms with Crippen LogP contribution in [0.3, 0.4) is 0 Å². The first-order valence-corrected chi connectivity index (χ1v) is 9.35. The van der Waals surface area contributed by atoms with E-state index >= 15 is 0 Å². The molecular formula is C21H19FN2OS. The van der Waals surface area contributed by atoms with Crippen molar-refractivity contribution in [1.82, 2.24) is 10.3 Å². The third-order valence-electron chi connectivity index (χ3n) is 3.82. The molecule has 5 heteroatoms. The number of pyridine rings is 1. The van der Waals surface area contributed by atoms with Crippen LogP contribution in [0.5, 0.6) is 0 Å². The van der Waals surface area contributed by atoms with E-state index in [0.717, 1.165) is 16.3 Å². The highest BCUT2D eigenvalue weighted by molar-refractivity contribution is 7.98. The predicted octanol–water partition coefficient (Wildman–Crippen LogP) is 4.49. The highest BCUT2D eigenvalue weighted by Crippen LogP contribution is 2.20. The summed E-state index contributed by atoms with van der Waals surface area (Å²) in [5.74, 6) is 0.405. The molecule has 1 heterocycles. The minimum atomic E-state index is -0.262. The molecule has 0 aliphatic rings. The molecule has 0 bridgehead atoms. The minimum Gasteiger partial charge on any atom is -0.352 e. The van der Waals surface area contributed by atoms with Crippen molar-refractivity contribution in [2.45, 2.75) is 17.2 Å². The van der Waals surface area contributed by atoms with Gasteiger partial charge in [0, 0.05) is 18.5 Å². The van der Waals surface area contributed by atoms with Crippen LogP contribution in [0.15, 0.2) is 78.0 Å². The van der Waals surface area contributed by atoms with Crippen molar-refractivity contribution in [3.05, 3.63) is 95.4 Å². The van der Waals surface area contributed by atoms with Crippen molar-refractivity contribution in [2.75, 3.05) is 6.54 Å². The van der Waals surface area contributed by atoms with Crippen LogP contribution < -0.4 is 5.32 Å². The number of aromatic nitrogens is 1. The average Bonchev–Trinajstić information content (AvgIpc) is 2.67. The molecule has 3 rings (SSSR count). The van der Waals surface area contributed by atoms with Gasteiger partial charge in [-0.25, -0.2) is 9.37 Å². The third kappa shape index (κ3) is 5.43. The zero-order valence-corrected chi connectivity index (χ0v) is 15.0. The molecule has 1 N–H and O–H groups in total. The summed E-state index contributed by atoms with van der Waals surface area (Å²) in [5.41, 5.74) is 2.61. The van der Waals surface area contributed by atoms with E-state index in [1.54, 1.807) is 30.1 Å². The lowest BCUT2D eigenvalue weighted by Gasteiger charge is -2.06. The normalized spacial score (nSPS) is 10.5. The Bertz CT molecular complexity index is 853. The molecule has 1 aromatic heterocycles. The van der Waals surface area contributed by atoms with E-state index in [9.17, 15) is 9.18 Å². The Morgan fingerprint density at radius 3 is 2.54 bits per heavy atom. The topological polar surface area (TPSA) is 42.0 Å². The molecule has 2 aromatic carbocycles. The van der Waals surface area contributed by atoms with E-state index in [0.29, 0.717) is 18.5 Å². The van der Waals surface area contributed by atoms with Crippen molar-refractivity contribution < 1.29 is 9.18 Å². The molecule has 0 radical (unpaired) electrons. The number of halogens is 1. The monoisotopic (exact) mass is 366 g/mol. The molecule has 26 heavy (non-hydrogen) atoms. The Balaban J connectivity index is 1.47. The van der Waals surface area contributed by atoms with E-state index in [1.165, 1.54) is 17.7 Å². The lowest BCUT2D eigenvalue weighted by Crippen LogP contribution is -2.25. The summed E-state index contributed by atoms with van der Waals surface area (Å²) in [6.45, 7) is 0.451. The molecule has 3 nitrogen and oxygen atoms in total. The maximum absolute atomic E-state index is 13.1. The fraction of sp³-hybridized carbons (Fsp3) is 0.143. The summed E-state index contributed by atoms with van der Waals surface area (Å²) in [7, 11) is 0. The highest BCUT2D eigenvalue weighted by Gasteiger charge is 2.06. The van der Waals surface area contributed by atoms with Gasteiger partial charge >= 0.3 is 0 Å². The van der Waals surface area contributed by atoms with Crippen LogP contribution in [0.1, 0.15) is 21.5 Å². The number of carbonyl (C=O) groups excluding carboxylic acids is 1. The van der Waals surface area contributed by atoms with Gasteiger partial charge in [-0.3, -0.25) is 4.79 Å². The van der Waals surface area contributed by atoms with Gasteiger partial charge < -0.3 is 5.32 Å². The Hall–Kier alpha value is -2.66. The lowest BCUT2D eigenvalue weighted by atomic mass is 10.1. The maximum atomic E-state index is 13.1. The number of nitrogens with one attached hydrogen (secondary N) is 1. The van der Waals surface area contributed by atoms with E-state index in [1.807, 2.05) is 30.3 Å². The van der Waals surface area contributed by atoms with Gasteiger partial charge in [-0.15, -0.1) is 11.8 Å². The number of benzene rings is 2. The highest BCUT2D eigenvalue weighted by atomic mass is 32.2. The molecule has 0 saturated carbocycles. The van der Waals surface area contributed by atoms with Gasteiger partial charge in [-0.2, -0.15) is 0 Å². The van der Waals surface area contributed by atoms with Crippen LogP contribution in [-0.4, -0.2) is 17.4 Å². The number of carbonyl (C=O) groups is 1. The van der Waals surface area contributed by atoms with Crippen molar-refractivity contribution >= 4 is 17.7 Å². The summed E-state index contributed by atoms with van der Waals surface area (Å²) in [4.78, 5) is 16.5. The quantitative estimate of drug-likeness (QED) is 0.627. The smallest absolute Gasteiger partial charge is 0.252 e. The van der Waals surface area contributed by atoms with Gasteiger partial charge in [-0.1, -0.05) is 42.5 Å². The molecule has 0 aliphatic carbocycles. The first-order chi connectivity index (χ1) is 12.7. The lowest BCUT2D eigenvalue weighted by molar-refractivity contribution is 0.0953. The molecule has 0 unspecified atom stereocenters. The SMILES string of the molecule is O=C(NCCc1cccc(F)c1)c1ccc(SCc2ccccc2)nc1. The summed E-state index contributed by atoms with van der Waals surface area (Å²) >= 11 is 1.63. The van der Waals surface area contributed by atoms with Crippen LogP contribution in [0.4, 0.5) is 4.39 Å². The first-order valence-electron chi connectivity index (χ1n) is 8.36. The second-order valence-corrected chi connectivity index (χ2v) is 6.79. The van der Waals surface area contributed by atoms with Crippen molar-refractivity contribution in [3.8, 4) is 0 Å². The van der Waals surface area contributed by atoms with Crippen LogP contribution in [0, 0.1) is 5.82 Å². The zero-order chi connectivity index (χ0) is 18.2. The Morgan fingerprint density at radius 2 is 1.81 bits per heavy atom. The number of hydrogen-bond donors (Lipinski definition) is 1. The summed E-state index contributed by atoms with van der Waals surface area (Å²) in [5, 5.41) is 3.72. The fourth-order valence-corrected chi connectivity index (χ4v) is 3.24. The van der Waals surface area contributed by atoms with Gasteiger partial charge in [0.2, 0.25) is 0 Å². The van der Waals surface area contributed by atoms with Crippen molar-refractivity contribution in [2.24, 2.45) is 0 Å². The first kappa shape index (κ1) is 18.1. The molecule has 0 spiro atoms. The van der Waals surface area contributed by atoms with Gasteiger partial charge in [0.15, 0.2) is 0 Å². The van der Waals surface area contributed by atoms with E-state index in [2.05, 4.69) is 22.4 Å². The molecule has 1 amide bonds. The molecule has 0 atom stereocenters. The summed E-state index contributed by atoms with van der Waals surface area (Å²) in [6.07, 6.45) is 2.17. The number of nitrogens with zero attached hydrogens (tertiary/aromatic N) is 1. The molecule has 3 aromatic rings. The number of rotatable bonds is 7. The maximum Gasteiger partial charge on any atom is 0.252 e. The van der Waals surface area contributed by atoms with Gasteiger partial charge in [0.05, 0.1) is 10.6 Å². The third-order valence-corrected chi connectivity index (χ3v) is 4.83. The van der Waals surface area contributed by atoms with Crippen LogP contribution >= 0.6 is 11.8 Å². The van der Waals surface area contributed by atoms with E-state index in [-0.39, 0.29) is 11.7 Å². The molecule has 0 aliphatic heterocycles. The van der Waals surface area contributed by atoms with E-state index in [4.69, 9.17) is 0 Å². The summed E-state index contributed by atoms with van der Waals surface area (Å²) < 4.78 is 13.1. The Kier molecular flexibility index (Phi) is 6.39. The second-order valence-electron chi connectivity index (χ2n) is 5.80. The Labute approximate surface area is 156 Å². The minimum absolute atomic E-state index is 0.173. The second kappa shape index (κ2) is 9.15. The fourth-order valence-electron chi connectivity index (χ4n) is 2.45. The van der Waals surface area contributed by atoms with Crippen molar-refractivity contribution in [1.29, 1.82) is 0 Å². The zero-order valence-electron chi connectivity index (χ0n) is 14.2. The van der Waals surface area contributed by atoms with Gasteiger partial charge in [0.1, 0.15) is 5.82 Å². The van der Waals surface area contributed by atoms with Crippen molar-refractivity contribution in [3.63, 3.8) is 0 Å². The van der Waals surface area contributed by atoms with Crippen LogP contribution in [0.25, 0.3) is 0 Å². The molecule has 132 valence electrons. The van der Waals surface area contributed by atoms with Gasteiger partial charge in [0.25, 0.3) is 5.91 Å². The van der Waals surface area contributed by atoms with Crippen LogP contribution in [0.2, 0.25) is 0 Å². The average molecular weight is 366 g/mol. The number of hydrogen-bond acceptors (Lipinski definition) is 3. The molecule has 0 saturated heterocycles. The number of thioether (sulfide) groups is 1. The largest absolute Gasteiger partial charge is 0.352 e. The Morgan fingerprint density at radius 1 is 1.00 bits per heavy atom. The number of amides is 1. The van der Waals surface area contributed by atoms with Gasteiger partial charge in [-0.05, 0) is 41.8 Å². The van der Waals surface area contributed by atoms with E-state index < -0.39 is 0 Å².